The number of aliphatic hydroxyl groups is 1. The summed E-state index contributed by atoms with van der Waals surface area (Å²) in [5.41, 5.74) is 1.48. The number of carbonyl (C=O) groups excluding carboxylic acids is 1. The van der Waals surface area contributed by atoms with Gasteiger partial charge in [0.15, 0.2) is 0 Å². The summed E-state index contributed by atoms with van der Waals surface area (Å²) in [5.74, 6) is -0.442. The number of pyridine rings is 1. The minimum atomic E-state index is -0.617. The Balaban J connectivity index is 1.47. The molecule has 3 rings (SSSR count). The van der Waals surface area contributed by atoms with Gasteiger partial charge >= 0.3 is 0 Å². The molecule has 0 saturated carbocycles. The monoisotopic (exact) mass is 355 g/mol. The van der Waals surface area contributed by atoms with Crippen LogP contribution in [0.25, 0.3) is 6.08 Å². The van der Waals surface area contributed by atoms with Gasteiger partial charge < -0.3 is 10.4 Å². The van der Waals surface area contributed by atoms with Gasteiger partial charge in [-0.1, -0.05) is 24.3 Å². The number of carbonyl (C=O) groups is 1. The van der Waals surface area contributed by atoms with E-state index < -0.39 is 6.10 Å². The van der Waals surface area contributed by atoms with E-state index in [9.17, 15) is 14.3 Å². The molecule has 6 heteroatoms. The minimum Gasteiger partial charge on any atom is -0.390 e. The zero-order valence-corrected chi connectivity index (χ0v) is 14.4. The Morgan fingerprint density at radius 3 is 2.69 bits per heavy atom. The number of rotatable bonds is 5. The van der Waals surface area contributed by atoms with Gasteiger partial charge in [-0.05, 0) is 36.2 Å². The first-order valence-electron chi connectivity index (χ1n) is 8.65. The summed E-state index contributed by atoms with van der Waals surface area (Å²) in [7, 11) is 0. The largest absolute Gasteiger partial charge is 0.390 e. The fourth-order valence-corrected chi connectivity index (χ4v) is 3.00. The second-order valence-electron chi connectivity index (χ2n) is 6.39. The lowest BCUT2D eigenvalue weighted by molar-refractivity contribution is 0.0423. The summed E-state index contributed by atoms with van der Waals surface area (Å²) < 4.78 is 12.9. The number of likely N-dealkylation sites (tertiary alicyclic amines) is 1. The van der Waals surface area contributed by atoms with Crippen LogP contribution in [0, 0.1) is 5.82 Å². The van der Waals surface area contributed by atoms with Gasteiger partial charge in [0, 0.05) is 37.6 Å². The highest BCUT2D eigenvalue weighted by Gasteiger charge is 2.28. The van der Waals surface area contributed by atoms with Gasteiger partial charge in [0.2, 0.25) is 0 Å². The van der Waals surface area contributed by atoms with Gasteiger partial charge in [0.05, 0.1) is 12.1 Å². The summed E-state index contributed by atoms with van der Waals surface area (Å²) >= 11 is 0. The Bertz CT molecular complexity index is 749. The Morgan fingerprint density at radius 2 is 2.00 bits per heavy atom. The summed E-state index contributed by atoms with van der Waals surface area (Å²) in [5, 5.41) is 13.2. The molecular formula is C20H22FN3O2. The molecule has 1 saturated heterocycles. The van der Waals surface area contributed by atoms with Crippen molar-refractivity contribution in [3.63, 3.8) is 0 Å². The molecular weight excluding hydrogens is 333 g/mol. The molecule has 2 heterocycles. The normalized spacial score (nSPS) is 21.0. The predicted octanol–water partition coefficient (Wildman–Crippen LogP) is 2.10. The first-order valence-corrected chi connectivity index (χ1v) is 8.65. The highest BCUT2D eigenvalue weighted by atomic mass is 19.1. The van der Waals surface area contributed by atoms with E-state index in [-0.39, 0.29) is 17.8 Å². The molecule has 0 unspecified atom stereocenters. The van der Waals surface area contributed by atoms with E-state index in [0.717, 1.165) is 12.1 Å². The molecule has 2 aromatic rings. The van der Waals surface area contributed by atoms with Gasteiger partial charge in [-0.15, -0.1) is 0 Å². The smallest absolute Gasteiger partial charge is 0.251 e. The standard InChI is InChI=1S/C20H22FN3O2/c21-17-5-3-15(4-6-17)2-1-12-24-13-9-18(19(25)14-24)23-20(26)16-7-10-22-11-8-16/h1-8,10-11,18-19,25H,9,12-14H2,(H,23,26)/t18-,19-/m1/s1. The van der Waals surface area contributed by atoms with Crippen LogP contribution in [0.1, 0.15) is 22.3 Å². The molecule has 26 heavy (non-hydrogen) atoms. The van der Waals surface area contributed by atoms with Crippen LogP contribution in [0.2, 0.25) is 0 Å². The van der Waals surface area contributed by atoms with Crippen molar-refractivity contribution in [1.82, 2.24) is 15.2 Å². The van der Waals surface area contributed by atoms with E-state index in [1.54, 1.807) is 36.7 Å². The van der Waals surface area contributed by atoms with Crippen LogP contribution >= 0.6 is 0 Å². The van der Waals surface area contributed by atoms with E-state index in [0.29, 0.717) is 25.1 Å². The third kappa shape index (κ3) is 4.97. The molecule has 1 fully saturated rings. The molecule has 1 aliphatic rings. The maximum absolute atomic E-state index is 12.9. The van der Waals surface area contributed by atoms with Crippen molar-refractivity contribution >= 4 is 12.0 Å². The number of benzene rings is 1. The number of piperidine rings is 1. The van der Waals surface area contributed by atoms with E-state index in [1.807, 2.05) is 12.2 Å². The topological polar surface area (TPSA) is 65.5 Å². The van der Waals surface area contributed by atoms with E-state index in [1.165, 1.54) is 12.1 Å². The van der Waals surface area contributed by atoms with Gasteiger partial charge in [-0.25, -0.2) is 4.39 Å². The first-order chi connectivity index (χ1) is 12.6. The molecule has 1 aromatic carbocycles. The number of hydrogen-bond acceptors (Lipinski definition) is 4. The lowest BCUT2D eigenvalue weighted by atomic mass is 10.0. The number of hydrogen-bond donors (Lipinski definition) is 2. The maximum atomic E-state index is 12.9. The average Bonchev–Trinajstić information content (AvgIpc) is 2.66. The molecule has 1 aliphatic heterocycles. The summed E-state index contributed by atoms with van der Waals surface area (Å²) in [6.45, 7) is 1.97. The van der Waals surface area contributed by atoms with Crippen LogP contribution in [0.5, 0.6) is 0 Å². The zero-order valence-electron chi connectivity index (χ0n) is 14.4. The molecule has 0 bridgehead atoms. The lowest BCUT2D eigenvalue weighted by Gasteiger charge is -2.35. The number of amides is 1. The Labute approximate surface area is 152 Å². The summed E-state index contributed by atoms with van der Waals surface area (Å²) in [4.78, 5) is 18.2. The number of aliphatic hydroxyl groups excluding tert-OH is 1. The second-order valence-corrected chi connectivity index (χ2v) is 6.39. The van der Waals surface area contributed by atoms with Crippen LogP contribution in [-0.4, -0.2) is 52.7 Å². The molecule has 5 nitrogen and oxygen atoms in total. The fourth-order valence-electron chi connectivity index (χ4n) is 3.00. The van der Waals surface area contributed by atoms with E-state index >= 15 is 0 Å². The van der Waals surface area contributed by atoms with Crippen LogP contribution in [0.15, 0.2) is 54.9 Å². The van der Waals surface area contributed by atoms with Gasteiger partial charge in [0.25, 0.3) is 5.91 Å². The molecule has 2 N–H and O–H groups in total. The van der Waals surface area contributed by atoms with Crippen molar-refractivity contribution < 1.29 is 14.3 Å². The number of nitrogens with zero attached hydrogens (tertiary/aromatic N) is 2. The van der Waals surface area contributed by atoms with Crippen LogP contribution in [0.4, 0.5) is 4.39 Å². The summed E-state index contributed by atoms with van der Waals surface area (Å²) in [6, 6.07) is 9.35. The highest BCUT2D eigenvalue weighted by Crippen LogP contribution is 2.13. The predicted molar refractivity (Wildman–Crippen MR) is 98.0 cm³/mol. The van der Waals surface area contributed by atoms with Crippen molar-refractivity contribution in [3.05, 3.63) is 71.8 Å². The zero-order chi connectivity index (χ0) is 18.4. The molecule has 0 radical (unpaired) electrons. The quantitative estimate of drug-likeness (QED) is 0.862. The summed E-state index contributed by atoms with van der Waals surface area (Å²) in [6.07, 6.45) is 7.14. The van der Waals surface area contributed by atoms with Gasteiger partial charge in [-0.2, -0.15) is 0 Å². The van der Waals surface area contributed by atoms with Crippen molar-refractivity contribution in [3.8, 4) is 0 Å². The fraction of sp³-hybridized carbons (Fsp3) is 0.300. The van der Waals surface area contributed by atoms with Gasteiger partial charge in [-0.3, -0.25) is 14.7 Å². The SMILES string of the molecule is O=C(N[C@@H]1CCN(CC=Cc2ccc(F)cc2)C[C@H]1O)c1ccncc1. The Morgan fingerprint density at radius 1 is 1.27 bits per heavy atom. The van der Waals surface area contributed by atoms with Crippen molar-refractivity contribution in [2.24, 2.45) is 0 Å². The number of aromatic nitrogens is 1. The second kappa shape index (κ2) is 8.69. The van der Waals surface area contributed by atoms with Crippen molar-refractivity contribution in [2.75, 3.05) is 19.6 Å². The number of halogens is 1. The number of β-amino-alcohol motifs (C(OH)–C–C–N with tert-alkyl or cyclic N) is 1. The molecule has 1 amide bonds. The Kier molecular flexibility index (Phi) is 6.09. The third-order valence-corrected chi connectivity index (χ3v) is 4.47. The van der Waals surface area contributed by atoms with Crippen LogP contribution in [0.3, 0.4) is 0 Å². The molecule has 136 valence electrons. The van der Waals surface area contributed by atoms with Crippen molar-refractivity contribution in [2.45, 2.75) is 18.6 Å². The van der Waals surface area contributed by atoms with Crippen LogP contribution < -0.4 is 5.32 Å². The molecule has 2 atom stereocenters. The Hall–Kier alpha value is -2.57. The highest BCUT2D eigenvalue weighted by molar-refractivity contribution is 5.94. The van der Waals surface area contributed by atoms with Gasteiger partial charge in [0.1, 0.15) is 5.82 Å². The average molecular weight is 355 g/mol. The number of nitrogens with one attached hydrogen (secondary N) is 1. The van der Waals surface area contributed by atoms with E-state index in [4.69, 9.17) is 0 Å². The van der Waals surface area contributed by atoms with Crippen molar-refractivity contribution in [1.29, 1.82) is 0 Å². The lowest BCUT2D eigenvalue weighted by Crippen LogP contribution is -2.54. The maximum Gasteiger partial charge on any atom is 0.251 e. The molecule has 0 aliphatic carbocycles. The molecule has 1 aromatic heterocycles. The molecule has 0 spiro atoms. The van der Waals surface area contributed by atoms with Crippen LogP contribution in [-0.2, 0) is 0 Å². The van der Waals surface area contributed by atoms with E-state index in [2.05, 4.69) is 15.2 Å². The third-order valence-electron chi connectivity index (χ3n) is 4.47. The first kappa shape index (κ1) is 18.2. The minimum absolute atomic E-state index is 0.193.